The highest BCUT2D eigenvalue weighted by molar-refractivity contribution is 6.02. The molecule has 0 spiro atoms. The molecule has 4 heteroatoms. The molecule has 0 fully saturated rings. The zero-order valence-corrected chi connectivity index (χ0v) is 14.2. The summed E-state index contributed by atoms with van der Waals surface area (Å²) in [4.78, 5) is 12.8. The van der Waals surface area contributed by atoms with Crippen molar-refractivity contribution in [3.63, 3.8) is 0 Å². The quantitative estimate of drug-likeness (QED) is 0.475. The molecule has 0 N–H and O–H groups in total. The van der Waals surface area contributed by atoms with E-state index in [0.717, 1.165) is 33.5 Å². The van der Waals surface area contributed by atoms with Gasteiger partial charge < -0.3 is 0 Å². The van der Waals surface area contributed by atoms with E-state index in [4.69, 9.17) is 0 Å². The Morgan fingerprint density at radius 1 is 1.04 bits per heavy atom. The van der Waals surface area contributed by atoms with Crippen LogP contribution >= 0.6 is 0 Å². The van der Waals surface area contributed by atoms with E-state index in [-0.39, 0.29) is 5.82 Å². The summed E-state index contributed by atoms with van der Waals surface area (Å²) in [6.07, 6.45) is 3.42. The Hall–Kier alpha value is -3.14. The molecule has 3 nitrogen and oxygen atoms in total. The Bertz CT molecular complexity index is 929. The summed E-state index contributed by atoms with van der Waals surface area (Å²) in [7, 11) is 0. The minimum Gasteiger partial charge on any atom is -0.264 e. The highest BCUT2D eigenvalue weighted by Crippen LogP contribution is 2.31. The first-order chi connectivity index (χ1) is 12.1. The summed E-state index contributed by atoms with van der Waals surface area (Å²) < 4.78 is 13.2. The molecule has 0 aliphatic carbocycles. The summed E-state index contributed by atoms with van der Waals surface area (Å²) in [5.74, 6) is 0.294. The SMILES string of the molecule is C=NC(=Nc1cc(C)c(-c2ccc(F)cc2)cc1C)c1cccnc1. The average molecular weight is 331 g/mol. The second kappa shape index (κ2) is 7.18. The van der Waals surface area contributed by atoms with Gasteiger partial charge in [-0.2, -0.15) is 0 Å². The third-order valence-electron chi connectivity index (χ3n) is 3.99. The average Bonchev–Trinajstić information content (AvgIpc) is 2.63. The lowest BCUT2D eigenvalue weighted by atomic mass is 9.97. The molecule has 0 amide bonds. The zero-order valence-electron chi connectivity index (χ0n) is 14.2. The van der Waals surface area contributed by atoms with Crippen molar-refractivity contribution >= 4 is 18.2 Å². The molecule has 0 aliphatic heterocycles. The molecule has 0 bridgehead atoms. The van der Waals surface area contributed by atoms with Crippen molar-refractivity contribution in [2.24, 2.45) is 9.98 Å². The van der Waals surface area contributed by atoms with E-state index in [1.807, 2.05) is 32.0 Å². The van der Waals surface area contributed by atoms with Crippen LogP contribution in [0.3, 0.4) is 0 Å². The number of aromatic nitrogens is 1. The Kier molecular flexibility index (Phi) is 4.80. The van der Waals surface area contributed by atoms with Crippen molar-refractivity contribution in [2.75, 3.05) is 0 Å². The largest absolute Gasteiger partial charge is 0.264 e. The minimum atomic E-state index is -0.238. The van der Waals surface area contributed by atoms with Crippen LogP contribution in [0.2, 0.25) is 0 Å². The van der Waals surface area contributed by atoms with Crippen molar-refractivity contribution in [3.05, 3.63) is 83.4 Å². The van der Waals surface area contributed by atoms with Crippen LogP contribution in [0.15, 0.2) is 70.9 Å². The third kappa shape index (κ3) is 3.69. The second-order valence-corrected chi connectivity index (χ2v) is 5.80. The highest BCUT2D eigenvalue weighted by atomic mass is 19.1. The van der Waals surface area contributed by atoms with E-state index in [1.165, 1.54) is 12.1 Å². The number of hydrogen-bond acceptors (Lipinski definition) is 2. The van der Waals surface area contributed by atoms with Crippen molar-refractivity contribution in [1.82, 2.24) is 4.98 Å². The van der Waals surface area contributed by atoms with Crippen LogP contribution in [0.4, 0.5) is 10.1 Å². The van der Waals surface area contributed by atoms with E-state index in [9.17, 15) is 4.39 Å². The molecule has 0 aliphatic rings. The number of rotatable bonds is 3. The van der Waals surface area contributed by atoms with Crippen molar-refractivity contribution in [3.8, 4) is 11.1 Å². The Morgan fingerprint density at radius 3 is 2.44 bits per heavy atom. The summed E-state index contributed by atoms with van der Waals surface area (Å²) in [6.45, 7) is 7.63. The Balaban J connectivity index is 2.04. The van der Waals surface area contributed by atoms with Crippen LogP contribution in [0.5, 0.6) is 0 Å². The van der Waals surface area contributed by atoms with Gasteiger partial charge in [-0.1, -0.05) is 12.1 Å². The van der Waals surface area contributed by atoms with Crippen LogP contribution in [0.1, 0.15) is 16.7 Å². The standard InChI is InChI=1S/C21H18FN3/c1-14-12-20(25-21(23-3)17-5-4-10-24-13-17)15(2)11-19(14)16-6-8-18(22)9-7-16/h4-13H,3H2,1-2H3. The van der Waals surface area contributed by atoms with Gasteiger partial charge in [0.25, 0.3) is 0 Å². The van der Waals surface area contributed by atoms with Gasteiger partial charge in [-0.05, 0) is 79.2 Å². The number of aliphatic imine (C=N–C) groups is 2. The van der Waals surface area contributed by atoms with Crippen LogP contribution in [-0.4, -0.2) is 17.5 Å². The molecule has 3 rings (SSSR count). The van der Waals surface area contributed by atoms with Gasteiger partial charge in [0.1, 0.15) is 5.82 Å². The number of halogens is 1. The molecular formula is C21H18FN3. The molecule has 1 heterocycles. The van der Waals surface area contributed by atoms with E-state index >= 15 is 0 Å². The fraction of sp³-hybridized carbons (Fsp3) is 0.0952. The monoisotopic (exact) mass is 331 g/mol. The first kappa shape index (κ1) is 16.7. The first-order valence-electron chi connectivity index (χ1n) is 7.91. The predicted octanol–water partition coefficient (Wildman–Crippen LogP) is 5.28. The maximum Gasteiger partial charge on any atom is 0.160 e. The van der Waals surface area contributed by atoms with Gasteiger partial charge in [0.05, 0.1) is 5.69 Å². The van der Waals surface area contributed by atoms with Gasteiger partial charge in [-0.25, -0.2) is 14.4 Å². The minimum absolute atomic E-state index is 0.238. The molecule has 0 atom stereocenters. The summed E-state index contributed by atoms with van der Waals surface area (Å²) in [5, 5.41) is 0. The van der Waals surface area contributed by atoms with Crippen molar-refractivity contribution in [1.29, 1.82) is 0 Å². The molecule has 3 aromatic rings. The molecule has 0 saturated carbocycles. The second-order valence-electron chi connectivity index (χ2n) is 5.80. The molecular weight excluding hydrogens is 313 g/mol. The third-order valence-corrected chi connectivity index (χ3v) is 3.99. The summed E-state index contributed by atoms with van der Waals surface area (Å²) in [5.41, 5.74) is 5.75. The van der Waals surface area contributed by atoms with Gasteiger partial charge in [-0.15, -0.1) is 0 Å². The Labute approximate surface area is 146 Å². The summed E-state index contributed by atoms with van der Waals surface area (Å²) >= 11 is 0. The first-order valence-corrected chi connectivity index (χ1v) is 7.91. The van der Waals surface area contributed by atoms with Crippen LogP contribution in [0.25, 0.3) is 11.1 Å². The van der Waals surface area contributed by atoms with Crippen molar-refractivity contribution in [2.45, 2.75) is 13.8 Å². The topological polar surface area (TPSA) is 37.6 Å². The van der Waals surface area contributed by atoms with E-state index in [1.54, 1.807) is 24.5 Å². The maximum atomic E-state index is 13.2. The number of benzene rings is 2. The molecule has 25 heavy (non-hydrogen) atoms. The molecule has 124 valence electrons. The number of nitrogens with zero attached hydrogens (tertiary/aromatic N) is 3. The predicted molar refractivity (Wildman–Crippen MR) is 101 cm³/mol. The zero-order chi connectivity index (χ0) is 17.8. The number of amidine groups is 1. The van der Waals surface area contributed by atoms with Crippen LogP contribution in [-0.2, 0) is 0 Å². The molecule has 0 radical (unpaired) electrons. The van der Waals surface area contributed by atoms with E-state index in [0.29, 0.717) is 5.84 Å². The smallest absolute Gasteiger partial charge is 0.160 e. The molecule has 2 aromatic carbocycles. The Morgan fingerprint density at radius 2 is 1.80 bits per heavy atom. The van der Waals surface area contributed by atoms with Gasteiger partial charge in [0.2, 0.25) is 0 Å². The lowest BCUT2D eigenvalue weighted by Crippen LogP contribution is -1.97. The lowest BCUT2D eigenvalue weighted by molar-refractivity contribution is 0.628. The number of aryl methyl sites for hydroxylation is 2. The molecule has 1 aromatic heterocycles. The van der Waals surface area contributed by atoms with Gasteiger partial charge in [0, 0.05) is 18.0 Å². The number of hydrogen-bond donors (Lipinski definition) is 0. The van der Waals surface area contributed by atoms with Gasteiger partial charge in [0.15, 0.2) is 5.84 Å². The highest BCUT2D eigenvalue weighted by Gasteiger charge is 2.08. The van der Waals surface area contributed by atoms with Gasteiger partial charge >= 0.3 is 0 Å². The van der Waals surface area contributed by atoms with E-state index < -0.39 is 0 Å². The fourth-order valence-corrected chi connectivity index (χ4v) is 2.66. The molecule has 0 unspecified atom stereocenters. The number of pyridine rings is 1. The van der Waals surface area contributed by atoms with Crippen molar-refractivity contribution < 1.29 is 4.39 Å². The molecule has 0 saturated heterocycles. The fourth-order valence-electron chi connectivity index (χ4n) is 2.66. The lowest BCUT2D eigenvalue weighted by Gasteiger charge is -2.11. The normalized spacial score (nSPS) is 11.4. The van der Waals surface area contributed by atoms with Crippen LogP contribution in [0, 0.1) is 19.7 Å². The maximum absolute atomic E-state index is 13.2. The van der Waals surface area contributed by atoms with Crippen LogP contribution < -0.4 is 0 Å². The van der Waals surface area contributed by atoms with Gasteiger partial charge in [-0.3, -0.25) is 4.98 Å². The van der Waals surface area contributed by atoms with E-state index in [2.05, 4.69) is 27.8 Å². The summed E-state index contributed by atoms with van der Waals surface area (Å²) in [6, 6.07) is 14.3.